The Bertz CT molecular complexity index is 1200. The van der Waals surface area contributed by atoms with Crippen LogP contribution >= 0.6 is 11.6 Å². The van der Waals surface area contributed by atoms with Gasteiger partial charge in [0.1, 0.15) is 5.75 Å². The first-order valence-electron chi connectivity index (χ1n) is 11.4. The average Bonchev–Trinajstić information content (AvgIpc) is 3.05. The van der Waals surface area contributed by atoms with Gasteiger partial charge in [-0.1, -0.05) is 66.2 Å². The van der Waals surface area contributed by atoms with E-state index in [9.17, 15) is 0 Å². The normalized spacial score (nSPS) is 14.0. The van der Waals surface area contributed by atoms with Crippen LogP contribution < -0.4 is 4.74 Å². The summed E-state index contributed by atoms with van der Waals surface area (Å²) in [6.45, 7) is 3.75. The molecule has 168 valence electrons. The smallest absolute Gasteiger partial charge is 0.118 e. The highest BCUT2D eigenvalue weighted by atomic mass is 35.5. The van der Waals surface area contributed by atoms with E-state index in [1.165, 1.54) is 22.4 Å². The van der Waals surface area contributed by atoms with Gasteiger partial charge in [-0.05, 0) is 41.8 Å². The summed E-state index contributed by atoms with van der Waals surface area (Å²) in [5.41, 5.74) is 7.51. The number of nitrogens with zero attached hydrogens (tertiary/aromatic N) is 3. The highest BCUT2D eigenvalue weighted by Crippen LogP contribution is 2.30. The van der Waals surface area contributed by atoms with E-state index in [0.29, 0.717) is 0 Å². The third-order valence-electron chi connectivity index (χ3n) is 6.37. The van der Waals surface area contributed by atoms with Gasteiger partial charge in [-0.15, -0.1) is 0 Å². The summed E-state index contributed by atoms with van der Waals surface area (Å²) >= 11 is 6.16. The first-order valence-corrected chi connectivity index (χ1v) is 11.8. The van der Waals surface area contributed by atoms with E-state index < -0.39 is 0 Å². The van der Waals surface area contributed by atoms with Crippen LogP contribution in [0.25, 0.3) is 11.3 Å². The summed E-state index contributed by atoms with van der Waals surface area (Å²) in [6, 6.07) is 27.0. The van der Waals surface area contributed by atoms with Crippen molar-refractivity contribution in [2.45, 2.75) is 25.9 Å². The average molecular weight is 458 g/mol. The standard InChI is InChI=1S/C28H28ClN3O/c1-33-25-13-7-22(8-14-25)19-31-17-15-26-27(16-18-31)32(20-21-5-3-2-4-6-21)30-28(26)23-9-11-24(29)12-10-23/h2-14H,15-20H2,1H3. The van der Waals surface area contributed by atoms with Crippen LogP contribution in [0.3, 0.4) is 0 Å². The van der Waals surface area contributed by atoms with Gasteiger partial charge in [-0.2, -0.15) is 5.10 Å². The quantitative estimate of drug-likeness (QED) is 0.363. The number of methoxy groups -OCH3 is 1. The fourth-order valence-corrected chi connectivity index (χ4v) is 4.72. The number of benzene rings is 3. The fraction of sp³-hybridized carbons (Fsp3) is 0.250. The lowest BCUT2D eigenvalue weighted by Gasteiger charge is -2.20. The predicted octanol–water partition coefficient (Wildman–Crippen LogP) is 5.86. The zero-order valence-corrected chi connectivity index (χ0v) is 19.6. The minimum atomic E-state index is 0.749. The largest absolute Gasteiger partial charge is 0.497 e. The maximum Gasteiger partial charge on any atom is 0.118 e. The lowest BCUT2D eigenvalue weighted by molar-refractivity contribution is 0.277. The molecule has 33 heavy (non-hydrogen) atoms. The number of halogens is 1. The van der Waals surface area contributed by atoms with E-state index in [2.05, 4.69) is 64.2 Å². The predicted molar refractivity (Wildman–Crippen MR) is 134 cm³/mol. The molecule has 0 aliphatic carbocycles. The number of hydrogen-bond acceptors (Lipinski definition) is 3. The monoisotopic (exact) mass is 457 g/mol. The summed E-state index contributed by atoms with van der Waals surface area (Å²) in [5.74, 6) is 0.899. The van der Waals surface area contributed by atoms with Crippen LogP contribution in [0, 0.1) is 0 Å². The van der Waals surface area contributed by atoms with Crippen LogP contribution in [0.4, 0.5) is 0 Å². The van der Waals surface area contributed by atoms with Crippen molar-refractivity contribution in [3.8, 4) is 17.0 Å². The molecule has 0 N–H and O–H groups in total. The van der Waals surface area contributed by atoms with Crippen molar-refractivity contribution in [1.29, 1.82) is 0 Å². The van der Waals surface area contributed by atoms with Crippen LogP contribution in [-0.2, 0) is 25.9 Å². The fourth-order valence-electron chi connectivity index (χ4n) is 4.60. The molecule has 2 heterocycles. The van der Waals surface area contributed by atoms with Crippen molar-refractivity contribution in [1.82, 2.24) is 14.7 Å². The minimum absolute atomic E-state index is 0.749. The van der Waals surface area contributed by atoms with Crippen molar-refractivity contribution in [2.24, 2.45) is 0 Å². The van der Waals surface area contributed by atoms with Gasteiger partial charge in [0.15, 0.2) is 0 Å². The van der Waals surface area contributed by atoms with E-state index in [1.54, 1.807) is 7.11 Å². The van der Waals surface area contributed by atoms with Crippen LogP contribution in [-0.4, -0.2) is 34.9 Å². The van der Waals surface area contributed by atoms with Crippen LogP contribution in [0.2, 0.25) is 5.02 Å². The molecule has 0 unspecified atom stereocenters. The van der Waals surface area contributed by atoms with Gasteiger partial charge < -0.3 is 4.74 Å². The Morgan fingerprint density at radius 3 is 2.24 bits per heavy atom. The molecule has 0 bridgehead atoms. The van der Waals surface area contributed by atoms with Crippen LogP contribution in [0.5, 0.6) is 5.75 Å². The second-order valence-electron chi connectivity index (χ2n) is 8.55. The number of hydrogen-bond donors (Lipinski definition) is 0. The SMILES string of the molecule is COc1ccc(CN2CCc3c(-c4ccc(Cl)cc4)nn(Cc4ccccc4)c3CC2)cc1. The highest BCUT2D eigenvalue weighted by molar-refractivity contribution is 6.30. The van der Waals surface area contributed by atoms with Crippen LogP contribution in [0.15, 0.2) is 78.9 Å². The van der Waals surface area contributed by atoms with Gasteiger partial charge in [0.05, 0.1) is 19.3 Å². The number of aromatic nitrogens is 2. The molecule has 0 spiro atoms. The summed E-state index contributed by atoms with van der Waals surface area (Å²) in [7, 11) is 1.71. The van der Waals surface area contributed by atoms with Gasteiger partial charge in [-0.25, -0.2) is 0 Å². The van der Waals surface area contributed by atoms with Gasteiger partial charge in [-0.3, -0.25) is 9.58 Å². The van der Waals surface area contributed by atoms with E-state index in [1.807, 2.05) is 24.3 Å². The molecule has 0 amide bonds. The lowest BCUT2D eigenvalue weighted by atomic mass is 10.0. The molecule has 0 saturated carbocycles. The molecule has 4 nitrogen and oxygen atoms in total. The zero-order chi connectivity index (χ0) is 22.6. The molecule has 1 aliphatic heterocycles. The van der Waals surface area contributed by atoms with Crippen molar-refractivity contribution < 1.29 is 4.74 Å². The maximum atomic E-state index is 6.16. The van der Waals surface area contributed by atoms with E-state index in [4.69, 9.17) is 21.4 Å². The Morgan fingerprint density at radius 2 is 1.52 bits per heavy atom. The summed E-state index contributed by atoms with van der Waals surface area (Å²) in [5, 5.41) is 5.85. The Kier molecular flexibility index (Phi) is 6.47. The molecular formula is C28H28ClN3O. The van der Waals surface area contributed by atoms with E-state index >= 15 is 0 Å². The Hall–Kier alpha value is -3.08. The van der Waals surface area contributed by atoms with E-state index in [0.717, 1.165) is 61.1 Å². The molecule has 1 aliphatic rings. The second kappa shape index (κ2) is 9.82. The minimum Gasteiger partial charge on any atom is -0.497 e. The molecule has 0 radical (unpaired) electrons. The molecule has 0 atom stereocenters. The summed E-state index contributed by atoms with van der Waals surface area (Å²) < 4.78 is 7.52. The first kappa shape index (κ1) is 21.7. The topological polar surface area (TPSA) is 30.3 Å². The van der Waals surface area contributed by atoms with Gasteiger partial charge >= 0.3 is 0 Å². The molecule has 3 aromatic carbocycles. The third-order valence-corrected chi connectivity index (χ3v) is 6.62. The Labute approximate surface area is 200 Å². The van der Waals surface area contributed by atoms with Gasteiger partial charge in [0.2, 0.25) is 0 Å². The van der Waals surface area contributed by atoms with Crippen molar-refractivity contribution >= 4 is 11.6 Å². The molecule has 5 heteroatoms. The Morgan fingerprint density at radius 1 is 0.818 bits per heavy atom. The van der Waals surface area contributed by atoms with Crippen molar-refractivity contribution in [3.05, 3.63) is 106 Å². The van der Waals surface area contributed by atoms with Crippen molar-refractivity contribution in [3.63, 3.8) is 0 Å². The van der Waals surface area contributed by atoms with Gasteiger partial charge in [0.25, 0.3) is 0 Å². The second-order valence-corrected chi connectivity index (χ2v) is 8.98. The molecule has 4 aromatic rings. The third kappa shape index (κ3) is 4.97. The molecule has 1 aromatic heterocycles. The number of ether oxygens (including phenoxy) is 1. The van der Waals surface area contributed by atoms with Crippen molar-refractivity contribution in [2.75, 3.05) is 20.2 Å². The summed E-state index contributed by atoms with van der Waals surface area (Å²) in [6.07, 6.45) is 1.97. The van der Waals surface area contributed by atoms with Gasteiger partial charge in [0, 0.05) is 47.9 Å². The van der Waals surface area contributed by atoms with Crippen LogP contribution in [0.1, 0.15) is 22.4 Å². The Balaban J connectivity index is 1.43. The highest BCUT2D eigenvalue weighted by Gasteiger charge is 2.23. The lowest BCUT2D eigenvalue weighted by Crippen LogP contribution is -2.26. The number of fused-ring (bicyclic) bond motifs is 1. The van der Waals surface area contributed by atoms with E-state index in [-0.39, 0.29) is 0 Å². The molecule has 0 saturated heterocycles. The molecule has 5 rings (SSSR count). The maximum absolute atomic E-state index is 6.16. The molecule has 0 fully saturated rings. The zero-order valence-electron chi connectivity index (χ0n) is 18.9. The first-order chi connectivity index (χ1) is 16.2. The molecular weight excluding hydrogens is 430 g/mol. The summed E-state index contributed by atoms with van der Waals surface area (Å²) in [4.78, 5) is 2.54. The number of rotatable bonds is 6.